The van der Waals surface area contributed by atoms with Gasteiger partial charge in [0.1, 0.15) is 0 Å². The summed E-state index contributed by atoms with van der Waals surface area (Å²) in [5, 5.41) is 3.44. The van der Waals surface area contributed by atoms with Crippen LogP contribution in [-0.4, -0.2) is 30.4 Å². The molecule has 3 nitrogen and oxygen atoms in total. The summed E-state index contributed by atoms with van der Waals surface area (Å²) in [5.41, 5.74) is 2.66. The highest BCUT2D eigenvalue weighted by Crippen LogP contribution is 2.10. The first kappa shape index (κ1) is 17.0. The maximum atomic E-state index is 11.8. The van der Waals surface area contributed by atoms with Crippen LogP contribution in [0.5, 0.6) is 0 Å². The predicted molar refractivity (Wildman–Crippen MR) is 85.2 cm³/mol. The molecule has 0 aliphatic carbocycles. The minimum atomic E-state index is 0. The molecule has 1 aliphatic rings. The molecule has 112 valence electrons. The third-order valence-electron chi connectivity index (χ3n) is 3.81. The molecule has 1 aromatic rings. The van der Waals surface area contributed by atoms with Crippen LogP contribution >= 0.6 is 12.4 Å². The lowest BCUT2D eigenvalue weighted by molar-refractivity contribution is -0.130. The van der Waals surface area contributed by atoms with E-state index in [0.717, 1.165) is 45.4 Å². The zero-order chi connectivity index (χ0) is 13.5. The Labute approximate surface area is 128 Å². The molecule has 0 unspecified atom stereocenters. The smallest absolute Gasteiger partial charge is 0.222 e. The predicted octanol–water partition coefficient (Wildman–Crippen LogP) is 2.91. The number of amides is 1. The summed E-state index contributed by atoms with van der Waals surface area (Å²) in [6, 6.07) is 8.42. The van der Waals surface area contributed by atoms with Gasteiger partial charge in [-0.3, -0.25) is 4.79 Å². The molecule has 20 heavy (non-hydrogen) atoms. The standard InChI is InChI=1S/C16H24N2O.ClH/c1-14-7-4-5-8-15(14)13-17-10-12-18-11-6-2-3-9-16(18)19;/h4-5,7-8,17H,2-3,6,9-13H2,1H3;1H. The van der Waals surface area contributed by atoms with Gasteiger partial charge in [0.2, 0.25) is 5.91 Å². The van der Waals surface area contributed by atoms with E-state index in [-0.39, 0.29) is 12.4 Å². The van der Waals surface area contributed by atoms with Gasteiger partial charge >= 0.3 is 0 Å². The van der Waals surface area contributed by atoms with Crippen molar-refractivity contribution in [3.05, 3.63) is 35.4 Å². The molecule has 0 radical (unpaired) electrons. The Morgan fingerprint density at radius 1 is 1.20 bits per heavy atom. The number of nitrogens with zero attached hydrogens (tertiary/aromatic N) is 1. The maximum Gasteiger partial charge on any atom is 0.222 e. The van der Waals surface area contributed by atoms with Crippen molar-refractivity contribution in [2.45, 2.75) is 39.2 Å². The number of aryl methyl sites for hydroxylation is 1. The fraction of sp³-hybridized carbons (Fsp3) is 0.562. The van der Waals surface area contributed by atoms with E-state index in [1.165, 1.54) is 17.5 Å². The van der Waals surface area contributed by atoms with E-state index >= 15 is 0 Å². The van der Waals surface area contributed by atoms with Gasteiger partial charge in [-0.1, -0.05) is 30.7 Å². The minimum absolute atomic E-state index is 0. The lowest BCUT2D eigenvalue weighted by Crippen LogP contribution is -2.36. The van der Waals surface area contributed by atoms with E-state index < -0.39 is 0 Å². The topological polar surface area (TPSA) is 32.3 Å². The number of halogens is 1. The van der Waals surface area contributed by atoms with Gasteiger partial charge in [-0.25, -0.2) is 0 Å². The zero-order valence-electron chi connectivity index (χ0n) is 12.2. The summed E-state index contributed by atoms with van der Waals surface area (Å²) in [7, 11) is 0. The van der Waals surface area contributed by atoms with Gasteiger partial charge < -0.3 is 10.2 Å². The Morgan fingerprint density at radius 3 is 2.80 bits per heavy atom. The SMILES string of the molecule is Cc1ccccc1CNCCN1CCCCCC1=O.Cl. The molecule has 0 bridgehead atoms. The summed E-state index contributed by atoms with van der Waals surface area (Å²) in [6.07, 6.45) is 4.15. The highest BCUT2D eigenvalue weighted by Gasteiger charge is 2.15. The molecular formula is C16H25ClN2O. The molecule has 2 rings (SSSR count). The zero-order valence-corrected chi connectivity index (χ0v) is 13.0. The van der Waals surface area contributed by atoms with Crippen LogP contribution in [0.2, 0.25) is 0 Å². The fourth-order valence-electron chi connectivity index (χ4n) is 2.52. The lowest BCUT2D eigenvalue weighted by atomic mass is 10.1. The van der Waals surface area contributed by atoms with Crippen molar-refractivity contribution in [1.29, 1.82) is 0 Å². The van der Waals surface area contributed by atoms with Crippen molar-refractivity contribution in [3.63, 3.8) is 0 Å². The second kappa shape index (κ2) is 8.98. The Balaban J connectivity index is 0.00000200. The largest absolute Gasteiger partial charge is 0.341 e. The van der Waals surface area contributed by atoms with Crippen molar-refractivity contribution < 1.29 is 4.79 Å². The van der Waals surface area contributed by atoms with Crippen molar-refractivity contribution in [2.24, 2.45) is 0 Å². The first-order valence-electron chi connectivity index (χ1n) is 7.30. The molecule has 1 amide bonds. The van der Waals surface area contributed by atoms with E-state index in [1.807, 2.05) is 4.90 Å². The Kier molecular flexibility index (Phi) is 7.63. The molecule has 1 heterocycles. The third kappa shape index (κ3) is 5.14. The van der Waals surface area contributed by atoms with E-state index in [0.29, 0.717) is 5.91 Å². The third-order valence-corrected chi connectivity index (χ3v) is 3.81. The van der Waals surface area contributed by atoms with Crippen molar-refractivity contribution in [2.75, 3.05) is 19.6 Å². The highest BCUT2D eigenvalue weighted by atomic mass is 35.5. The number of hydrogen-bond donors (Lipinski definition) is 1. The van der Waals surface area contributed by atoms with Crippen LogP contribution in [0.15, 0.2) is 24.3 Å². The van der Waals surface area contributed by atoms with Gasteiger partial charge in [0.05, 0.1) is 0 Å². The quantitative estimate of drug-likeness (QED) is 0.848. The van der Waals surface area contributed by atoms with Crippen LogP contribution in [0.25, 0.3) is 0 Å². The average molecular weight is 297 g/mol. The fourth-order valence-corrected chi connectivity index (χ4v) is 2.52. The van der Waals surface area contributed by atoms with Crippen LogP contribution < -0.4 is 5.32 Å². The number of likely N-dealkylation sites (tertiary alicyclic amines) is 1. The highest BCUT2D eigenvalue weighted by molar-refractivity contribution is 5.85. The summed E-state index contributed by atoms with van der Waals surface area (Å²) < 4.78 is 0. The van der Waals surface area contributed by atoms with E-state index in [4.69, 9.17) is 0 Å². The van der Waals surface area contributed by atoms with Crippen LogP contribution in [0.1, 0.15) is 36.8 Å². The van der Waals surface area contributed by atoms with Gasteiger partial charge in [0, 0.05) is 32.6 Å². The summed E-state index contributed by atoms with van der Waals surface area (Å²) >= 11 is 0. The minimum Gasteiger partial charge on any atom is -0.341 e. The number of benzene rings is 1. The molecule has 4 heteroatoms. The molecule has 0 spiro atoms. The first-order chi connectivity index (χ1) is 9.27. The molecule has 0 saturated carbocycles. The molecule has 0 aromatic heterocycles. The lowest BCUT2D eigenvalue weighted by Gasteiger charge is -2.20. The van der Waals surface area contributed by atoms with E-state index in [2.05, 4.69) is 36.5 Å². The monoisotopic (exact) mass is 296 g/mol. The maximum absolute atomic E-state index is 11.8. The molecule has 1 N–H and O–H groups in total. The van der Waals surface area contributed by atoms with Gasteiger partial charge in [0.25, 0.3) is 0 Å². The number of nitrogens with one attached hydrogen (secondary N) is 1. The average Bonchev–Trinajstić information content (AvgIpc) is 2.62. The normalized spacial score (nSPS) is 15.7. The Bertz CT molecular complexity index is 423. The van der Waals surface area contributed by atoms with Crippen molar-refractivity contribution in [1.82, 2.24) is 10.2 Å². The van der Waals surface area contributed by atoms with Gasteiger partial charge in [-0.15, -0.1) is 12.4 Å². The number of carbonyl (C=O) groups excluding carboxylic acids is 1. The molecule has 0 atom stereocenters. The first-order valence-corrected chi connectivity index (χ1v) is 7.30. The van der Waals surface area contributed by atoms with E-state index in [9.17, 15) is 4.79 Å². The Hall–Kier alpha value is -1.06. The van der Waals surface area contributed by atoms with Crippen LogP contribution in [0.3, 0.4) is 0 Å². The molecule has 1 aliphatic heterocycles. The second-order valence-corrected chi connectivity index (χ2v) is 5.29. The summed E-state index contributed by atoms with van der Waals surface area (Å²) in [5.74, 6) is 0.329. The summed E-state index contributed by atoms with van der Waals surface area (Å²) in [6.45, 7) is 5.67. The van der Waals surface area contributed by atoms with Crippen LogP contribution in [-0.2, 0) is 11.3 Å². The molecule has 1 fully saturated rings. The van der Waals surface area contributed by atoms with Gasteiger partial charge in [-0.2, -0.15) is 0 Å². The number of rotatable bonds is 5. The van der Waals surface area contributed by atoms with Gasteiger partial charge in [0.15, 0.2) is 0 Å². The molecule has 1 saturated heterocycles. The van der Waals surface area contributed by atoms with Crippen LogP contribution in [0.4, 0.5) is 0 Å². The second-order valence-electron chi connectivity index (χ2n) is 5.29. The van der Waals surface area contributed by atoms with Crippen molar-refractivity contribution in [3.8, 4) is 0 Å². The molecular weight excluding hydrogens is 272 g/mol. The molecule has 1 aromatic carbocycles. The summed E-state index contributed by atoms with van der Waals surface area (Å²) in [4.78, 5) is 13.8. The van der Waals surface area contributed by atoms with Crippen molar-refractivity contribution >= 4 is 18.3 Å². The number of carbonyl (C=O) groups is 1. The number of hydrogen-bond acceptors (Lipinski definition) is 2. The van der Waals surface area contributed by atoms with Crippen LogP contribution in [0, 0.1) is 6.92 Å². The Morgan fingerprint density at radius 2 is 2.00 bits per heavy atom. The van der Waals surface area contributed by atoms with Gasteiger partial charge in [-0.05, 0) is 30.9 Å². The van der Waals surface area contributed by atoms with E-state index in [1.54, 1.807) is 0 Å².